The number of allylic oxidation sites excluding steroid dienone is 2. The number of rotatable bonds is 4. The number of fused-ring (bicyclic) bond motifs is 5. The van der Waals surface area contributed by atoms with Gasteiger partial charge in [0.05, 0.1) is 29.7 Å². The molecule has 1 saturated heterocycles. The molecule has 0 unspecified atom stereocenters. The van der Waals surface area contributed by atoms with E-state index in [2.05, 4.69) is 15.0 Å². The second kappa shape index (κ2) is 8.93. The Balaban J connectivity index is 1.05. The minimum atomic E-state index is -0.552. The van der Waals surface area contributed by atoms with Crippen LogP contribution in [0.3, 0.4) is 0 Å². The van der Waals surface area contributed by atoms with Gasteiger partial charge in [-0.1, -0.05) is 0 Å². The molecule has 5 aromatic rings. The molecule has 47 heavy (non-hydrogen) atoms. The number of ketones is 2. The molecule has 0 radical (unpaired) electrons. The number of aromatic nitrogens is 3. The number of aromatic hydroxyl groups is 2. The SMILES string of the molecule is COc1cc2[nH]c(C(=O)N3C[C@H]4C[C@@]45C3=CC(=O)c3[nH]c(C(=O)N4CCc6c4c(O)c(C)c4[nH]c(C(C)=O)cc64)cc35)cc2cc1O. The van der Waals surface area contributed by atoms with Gasteiger partial charge in [0.25, 0.3) is 11.8 Å². The molecule has 5 heterocycles. The number of aromatic amines is 3. The Kier molecular flexibility index (Phi) is 5.23. The second-order valence-electron chi connectivity index (χ2n) is 13.0. The van der Waals surface area contributed by atoms with E-state index in [1.807, 2.05) is 0 Å². The molecule has 9 rings (SSSR count). The maximum Gasteiger partial charge on any atom is 0.274 e. The number of piperidine rings is 1. The summed E-state index contributed by atoms with van der Waals surface area (Å²) in [5.41, 5.74) is 5.16. The first-order valence-corrected chi connectivity index (χ1v) is 15.4. The van der Waals surface area contributed by atoms with Gasteiger partial charge in [-0.3, -0.25) is 19.2 Å². The number of amides is 2. The summed E-state index contributed by atoms with van der Waals surface area (Å²) in [5.74, 6) is -0.786. The topological polar surface area (TPSA) is 172 Å². The number of likely N-dealkylation sites (tertiary alicyclic amines) is 1. The number of methoxy groups -OCH3 is 1. The number of hydrogen-bond acceptors (Lipinski definition) is 7. The van der Waals surface area contributed by atoms with Gasteiger partial charge in [0.2, 0.25) is 5.78 Å². The van der Waals surface area contributed by atoms with E-state index in [0.717, 1.165) is 17.4 Å². The predicted molar refractivity (Wildman–Crippen MR) is 171 cm³/mol. The summed E-state index contributed by atoms with van der Waals surface area (Å²) in [4.78, 5) is 66.0. The number of anilines is 1. The van der Waals surface area contributed by atoms with Crippen LogP contribution in [0.4, 0.5) is 5.69 Å². The molecule has 4 aliphatic rings. The van der Waals surface area contributed by atoms with Crippen molar-refractivity contribution in [2.45, 2.75) is 32.1 Å². The first-order valence-electron chi connectivity index (χ1n) is 15.4. The summed E-state index contributed by atoms with van der Waals surface area (Å²) in [6.45, 7) is 3.97. The average molecular weight is 632 g/mol. The maximum absolute atomic E-state index is 14.1. The van der Waals surface area contributed by atoms with Crippen LogP contribution in [-0.4, -0.2) is 73.6 Å². The highest BCUT2D eigenvalue weighted by molar-refractivity contribution is 6.14. The Morgan fingerprint density at radius 3 is 2.51 bits per heavy atom. The molecule has 5 N–H and O–H groups in total. The Labute approximate surface area is 266 Å². The van der Waals surface area contributed by atoms with Gasteiger partial charge in [-0.05, 0) is 61.1 Å². The van der Waals surface area contributed by atoms with Crippen LogP contribution < -0.4 is 9.64 Å². The van der Waals surface area contributed by atoms with Crippen LogP contribution in [-0.2, 0) is 11.8 Å². The number of carbonyl (C=O) groups is 4. The quantitative estimate of drug-likeness (QED) is 0.180. The van der Waals surface area contributed by atoms with E-state index in [0.29, 0.717) is 75.5 Å². The fourth-order valence-corrected chi connectivity index (χ4v) is 8.15. The Morgan fingerprint density at radius 1 is 0.979 bits per heavy atom. The number of nitrogens with one attached hydrogen (secondary N) is 3. The Hall–Kier alpha value is -5.78. The fraction of sp³-hybridized carbons (Fsp3) is 0.257. The number of hydrogen-bond donors (Lipinski definition) is 5. The lowest BCUT2D eigenvalue weighted by molar-refractivity contribution is 0.0805. The van der Waals surface area contributed by atoms with Gasteiger partial charge in [-0.2, -0.15) is 0 Å². The highest BCUT2D eigenvalue weighted by Gasteiger charge is 2.68. The van der Waals surface area contributed by atoms with Gasteiger partial charge in [-0.25, -0.2) is 0 Å². The summed E-state index contributed by atoms with van der Waals surface area (Å²) in [7, 11) is 1.45. The van der Waals surface area contributed by atoms with Crippen LogP contribution in [0.15, 0.2) is 42.1 Å². The molecule has 0 bridgehead atoms. The molecule has 3 aromatic heterocycles. The number of ether oxygens (including phenoxy) is 1. The van der Waals surface area contributed by atoms with E-state index >= 15 is 0 Å². The lowest BCUT2D eigenvalue weighted by Gasteiger charge is -2.27. The molecule has 12 heteroatoms. The van der Waals surface area contributed by atoms with Gasteiger partial charge in [0.15, 0.2) is 17.3 Å². The summed E-state index contributed by atoms with van der Waals surface area (Å²) >= 11 is 0. The normalized spacial score (nSPS) is 20.7. The van der Waals surface area contributed by atoms with Crippen LogP contribution in [0.1, 0.15) is 72.0 Å². The van der Waals surface area contributed by atoms with Crippen molar-refractivity contribution in [3.05, 3.63) is 81.6 Å². The minimum Gasteiger partial charge on any atom is -0.505 e. The van der Waals surface area contributed by atoms with Crippen molar-refractivity contribution >= 4 is 50.9 Å². The van der Waals surface area contributed by atoms with E-state index < -0.39 is 5.41 Å². The van der Waals surface area contributed by atoms with Gasteiger partial charge in [0.1, 0.15) is 17.1 Å². The molecule has 2 aromatic carbocycles. The van der Waals surface area contributed by atoms with E-state index in [-0.39, 0.29) is 52.2 Å². The first kappa shape index (κ1) is 27.5. The number of carbonyl (C=O) groups excluding carboxylic acids is 4. The largest absolute Gasteiger partial charge is 0.505 e. The molecule has 2 atom stereocenters. The second-order valence-corrected chi connectivity index (χ2v) is 13.0. The van der Waals surface area contributed by atoms with Crippen molar-refractivity contribution in [3.8, 4) is 17.2 Å². The van der Waals surface area contributed by atoms with Crippen LogP contribution in [0.2, 0.25) is 0 Å². The van der Waals surface area contributed by atoms with Crippen molar-refractivity contribution in [2.24, 2.45) is 5.92 Å². The van der Waals surface area contributed by atoms with Crippen molar-refractivity contribution in [1.82, 2.24) is 19.9 Å². The maximum atomic E-state index is 14.1. The van der Waals surface area contributed by atoms with Gasteiger partial charge in [-0.15, -0.1) is 0 Å². The number of aryl methyl sites for hydroxylation is 1. The minimum absolute atomic E-state index is 0.0249. The molecule has 1 spiro atoms. The number of phenolic OH excluding ortho intramolecular Hbond substituents is 2. The summed E-state index contributed by atoms with van der Waals surface area (Å²) < 4.78 is 5.20. The highest BCUT2D eigenvalue weighted by Crippen LogP contribution is 2.67. The molecule has 2 aliphatic heterocycles. The Morgan fingerprint density at radius 2 is 1.74 bits per heavy atom. The first-order chi connectivity index (χ1) is 22.5. The van der Waals surface area contributed by atoms with Crippen LogP contribution in [0.25, 0.3) is 21.8 Å². The van der Waals surface area contributed by atoms with E-state index in [4.69, 9.17) is 4.74 Å². The predicted octanol–water partition coefficient (Wildman–Crippen LogP) is 4.60. The van der Waals surface area contributed by atoms with E-state index in [9.17, 15) is 29.4 Å². The van der Waals surface area contributed by atoms with Crippen LogP contribution in [0, 0.1) is 12.8 Å². The zero-order valence-electron chi connectivity index (χ0n) is 25.7. The van der Waals surface area contributed by atoms with Gasteiger partial charge in [0, 0.05) is 65.1 Å². The number of phenols is 2. The molecular formula is C35H29N5O7. The molecule has 1 saturated carbocycles. The van der Waals surface area contributed by atoms with Crippen molar-refractivity contribution in [3.63, 3.8) is 0 Å². The zero-order chi connectivity index (χ0) is 32.7. The third kappa shape index (κ3) is 3.46. The summed E-state index contributed by atoms with van der Waals surface area (Å²) in [6.07, 6.45) is 2.75. The van der Waals surface area contributed by atoms with Crippen molar-refractivity contribution < 1.29 is 34.1 Å². The molecule has 12 nitrogen and oxygen atoms in total. The number of Topliss-reactive ketones (excluding diaryl/α,β-unsaturated/α-hetero) is 1. The van der Waals surface area contributed by atoms with Crippen LogP contribution in [0.5, 0.6) is 17.2 Å². The Bertz CT molecular complexity index is 2360. The average Bonchev–Trinajstić information content (AvgIpc) is 3.68. The number of H-pyrrole nitrogens is 3. The third-order valence-corrected chi connectivity index (χ3v) is 10.6. The molecular weight excluding hydrogens is 602 g/mol. The number of nitrogens with zero attached hydrogens (tertiary/aromatic N) is 2. The molecule has 2 aliphatic carbocycles. The summed E-state index contributed by atoms with van der Waals surface area (Å²) in [5, 5.41) is 22.9. The molecule has 2 fully saturated rings. The monoisotopic (exact) mass is 631 g/mol. The van der Waals surface area contributed by atoms with Crippen molar-refractivity contribution in [1.29, 1.82) is 0 Å². The molecule has 2 amide bonds. The number of benzene rings is 2. The highest BCUT2D eigenvalue weighted by atomic mass is 16.5. The van der Waals surface area contributed by atoms with Crippen molar-refractivity contribution in [2.75, 3.05) is 25.1 Å². The smallest absolute Gasteiger partial charge is 0.274 e. The standard InChI is InChI=1S/C35H29N5O7/c1-14-29-19(8-21(37-29)15(2)41)18-4-5-39(31(18)32(14)44)33(45)24-9-20-30(38-24)26(43)11-28-35(20)12-17(35)13-40(28)34(46)23-6-16-7-25(42)27(47-3)10-22(16)36-23/h6-11,17,36-38,42,44H,4-5,12-13H2,1-3H3/t17-,35-/m1/s1. The fourth-order valence-electron chi connectivity index (χ4n) is 8.15. The van der Waals surface area contributed by atoms with E-state index in [1.54, 1.807) is 36.1 Å². The lowest BCUT2D eigenvalue weighted by Crippen LogP contribution is -2.33. The lowest BCUT2D eigenvalue weighted by atomic mass is 9.85. The van der Waals surface area contributed by atoms with Gasteiger partial charge < -0.3 is 39.7 Å². The van der Waals surface area contributed by atoms with Crippen LogP contribution >= 0.6 is 0 Å². The van der Waals surface area contributed by atoms with Gasteiger partial charge >= 0.3 is 0 Å². The molecule has 236 valence electrons. The van der Waals surface area contributed by atoms with E-state index in [1.165, 1.54) is 31.1 Å². The zero-order valence-corrected chi connectivity index (χ0v) is 25.7. The summed E-state index contributed by atoms with van der Waals surface area (Å²) in [6, 6.07) is 8.33. The third-order valence-electron chi connectivity index (χ3n) is 10.6.